The third-order valence-corrected chi connectivity index (χ3v) is 8.59. The van der Waals surface area contributed by atoms with Crippen molar-refractivity contribution in [2.24, 2.45) is 40.9 Å². The highest BCUT2D eigenvalue weighted by Gasteiger charge is 2.63. The van der Waals surface area contributed by atoms with Crippen LogP contribution in [0.2, 0.25) is 0 Å². The molecule has 4 heteroatoms. The number of hydrogen-bond acceptors (Lipinski definition) is 3. The van der Waals surface area contributed by atoms with Crippen molar-refractivity contribution in [3.63, 3.8) is 0 Å². The lowest BCUT2D eigenvalue weighted by atomic mass is 9.38. The van der Waals surface area contributed by atoms with Crippen LogP contribution in [0.1, 0.15) is 91.9 Å². The Morgan fingerprint density at radius 3 is 2.44 bits per heavy atom. The normalized spacial score (nSPS) is 35.2. The van der Waals surface area contributed by atoms with Crippen molar-refractivity contribution in [1.82, 2.24) is 0 Å². The lowest BCUT2D eigenvalue weighted by Crippen LogP contribution is -2.61. The molecule has 0 aromatic heterocycles. The van der Waals surface area contributed by atoms with Gasteiger partial charge >= 0.3 is 5.97 Å². The van der Waals surface area contributed by atoms with E-state index in [1.807, 2.05) is 0 Å². The van der Waals surface area contributed by atoms with Crippen LogP contribution in [-0.2, 0) is 4.79 Å². The summed E-state index contributed by atoms with van der Waals surface area (Å²) >= 11 is 0. The predicted octanol–water partition coefficient (Wildman–Crippen LogP) is 5.43. The van der Waals surface area contributed by atoms with E-state index in [2.05, 4.69) is 45.6 Å². The highest BCUT2D eigenvalue weighted by molar-refractivity contribution is 5.66. The van der Waals surface area contributed by atoms with Crippen LogP contribution in [0.5, 0.6) is 0 Å². The highest BCUT2D eigenvalue weighted by atomic mass is 16.4. The first-order chi connectivity index (χ1) is 15.2. The third kappa shape index (κ3) is 5.10. The van der Waals surface area contributed by atoms with Crippen molar-refractivity contribution in [3.8, 4) is 11.8 Å². The van der Waals surface area contributed by atoms with Gasteiger partial charge in [0.15, 0.2) is 0 Å². The van der Waals surface area contributed by atoms with Gasteiger partial charge in [0.1, 0.15) is 6.10 Å². The number of fused-ring (bicyclic) bond motifs is 1. The van der Waals surface area contributed by atoms with Gasteiger partial charge in [0.25, 0.3) is 0 Å². The summed E-state index contributed by atoms with van der Waals surface area (Å²) in [5, 5.41) is 30.9. The summed E-state index contributed by atoms with van der Waals surface area (Å²) in [6, 6.07) is 0. The van der Waals surface area contributed by atoms with Gasteiger partial charge in [-0.1, -0.05) is 70.4 Å². The zero-order chi connectivity index (χ0) is 23.5. The fraction of sp³-hybridized carbons (Fsp3) is 0.821. The molecule has 0 saturated heterocycles. The Morgan fingerprint density at radius 1 is 1.16 bits per heavy atom. The Kier molecular flexibility index (Phi) is 8.50. The largest absolute Gasteiger partial charge is 0.481 e. The molecule has 0 amide bonds. The van der Waals surface area contributed by atoms with Crippen molar-refractivity contribution >= 4 is 5.97 Å². The van der Waals surface area contributed by atoms with Crippen molar-refractivity contribution < 1.29 is 20.1 Å². The third-order valence-electron chi connectivity index (χ3n) is 8.59. The lowest BCUT2D eigenvalue weighted by Gasteiger charge is -2.66. The number of hydrogen-bond donors (Lipinski definition) is 3. The summed E-state index contributed by atoms with van der Waals surface area (Å²) < 4.78 is 0. The van der Waals surface area contributed by atoms with Gasteiger partial charge in [-0.15, -0.1) is 0 Å². The molecule has 3 aliphatic carbocycles. The summed E-state index contributed by atoms with van der Waals surface area (Å²) in [5.74, 6) is 7.54. The second-order valence-electron chi connectivity index (χ2n) is 11.3. The van der Waals surface area contributed by atoms with Crippen LogP contribution < -0.4 is 0 Å². The van der Waals surface area contributed by atoms with E-state index in [9.17, 15) is 15.0 Å². The van der Waals surface area contributed by atoms with E-state index in [0.29, 0.717) is 24.2 Å². The Hall–Kier alpha value is -1.31. The summed E-state index contributed by atoms with van der Waals surface area (Å²) in [4.78, 5) is 11.1. The molecule has 3 fully saturated rings. The summed E-state index contributed by atoms with van der Waals surface area (Å²) in [6.07, 6.45) is 10.3. The van der Waals surface area contributed by atoms with Gasteiger partial charge in [0.2, 0.25) is 0 Å². The SMILES string of the molecule is CC(C)CC1C(=CCCC(=O)O)[C@]2(C(C)C)CC[C@H](O)[C@@H](C#CC(O)C3CCCCC3)[C@H]12. The van der Waals surface area contributed by atoms with Crippen molar-refractivity contribution in [1.29, 1.82) is 0 Å². The minimum absolute atomic E-state index is 0.00751. The summed E-state index contributed by atoms with van der Waals surface area (Å²) in [6.45, 7) is 9.00. The predicted molar refractivity (Wildman–Crippen MR) is 128 cm³/mol. The van der Waals surface area contributed by atoms with Crippen molar-refractivity contribution in [3.05, 3.63) is 11.6 Å². The smallest absolute Gasteiger partial charge is 0.303 e. The van der Waals surface area contributed by atoms with Gasteiger partial charge in [-0.3, -0.25) is 4.79 Å². The van der Waals surface area contributed by atoms with Crippen LogP contribution in [0.4, 0.5) is 0 Å². The zero-order valence-corrected chi connectivity index (χ0v) is 20.5. The second-order valence-corrected chi connectivity index (χ2v) is 11.3. The molecule has 32 heavy (non-hydrogen) atoms. The molecule has 4 nitrogen and oxygen atoms in total. The van der Waals surface area contributed by atoms with E-state index in [1.165, 1.54) is 24.8 Å². The molecular weight excluding hydrogens is 400 g/mol. The first kappa shape index (κ1) is 25.3. The summed E-state index contributed by atoms with van der Waals surface area (Å²) in [7, 11) is 0. The molecule has 0 bridgehead atoms. The van der Waals surface area contributed by atoms with E-state index in [1.54, 1.807) is 0 Å². The molecule has 0 heterocycles. The fourth-order valence-corrected chi connectivity index (χ4v) is 7.10. The van der Waals surface area contributed by atoms with Crippen LogP contribution in [0.25, 0.3) is 0 Å². The molecule has 2 unspecified atom stereocenters. The van der Waals surface area contributed by atoms with Gasteiger partial charge in [-0.25, -0.2) is 0 Å². The molecule has 0 aromatic rings. The van der Waals surface area contributed by atoms with Crippen LogP contribution in [0, 0.1) is 52.8 Å². The van der Waals surface area contributed by atoms with Gasteiger partial charge < -0.3 is 15.3 Å². The minimum Gasteiger partial charge on any atom is -0.481 e. The molecule has 0 aromatic carbocycles. The maximum Gasteiger partial charge on any atom is 0.303 e. The Bertz CT molecular complexity index is 736. The molecule has 0 spiro atoms. The van der Waals surface area contributed by atoms with Gasteiger partial charge in [-0.05, 0) is 73.5 Å². The number of allylic oxidation sites excluding steroid dienone is 2. The van der Waals surface area contributed by atoms with E-state index in [-0.39, 0.29) is 29.6 Å². The van der Waals surface area contributed by atoms with Crippen molar-refractivity contribution in [2.75, 3.05) is 0 Å². The van der Waals surface area contributed by atoms with Gasteiger partial charge in [0, 0.05) is 6.42 Å². The topological polar surface area (TPSA) is 77.8 Å². The Labute approximate surface area is 194 Å². The Morgan fingerprint density at radius 2 is 1.84 bits per heavy atom. The maximum absolute atomic E-state index is 11.1. The van der Waals surface area contributed by atoms with Gasteiger partial charge in [-0.2, -0.15) is 0 Å². The van der Waals surface area contributed by atoms with Gasteiger partial charge in [0.05, 0.1) is 12.0 Å². The van der Waals surface area contributed by atoms with E-state index in [4.69, 9.17) is 5.11 Å². The molecule has 3 N–H and O–H groups in total. The maximum atomic E-state index is 11.1. The average molecular weight is 445 g/mol. The molecule has 3 saturated carbocycles. The number of carboxylic acid groups (broad SMARTS) is 1. The van der Waals surface area contributed by atoms with E-state index >= 15 is 0 Å². The molecule has 3 aliphatic rings. The van der Waals surface area contributed by atoms with Crippen LogP contribution in [0.15, 0.2) is 11.6 Å². The quantitative estimate of drug-likeness (QED) is 0.361. The molecule has 6 atom stereocenters. The monoisotopic (exact) mass is 444 g/mol. The Balaban J connectivity index is 1.90. The molecule has 0 radical (unpaired) electrons. The number of carbonyl (C=O) groups is 1. The second kappa shape index (κ2) is 10.7. The molecular formula is C28H44O4. The highest BCUT2D eigenvalue weighted by Crippen LogP contribution is 2.68. The molecule has 3 rings (SSSR count). The summed E-state index contributed by atoms with van der Waals surface area (Å²) in [5.41, 5.74) is 1.41. The first-order valence-electron chi connectivity index (χ1n) is 13.0. The zero-order valence-electron chi connectivity index (χ0n) is 20.5. The standard InChI is InChI=1S/C28H44O4/c1-18(2)17-22-23(11-8-12-26(31)32)28(19(3)4)16-15-25(30)21(27(22)28)13-14-24(29)20-9-6-5-7-10-20/h11,18-22,24-25,27,29-30H,5-10,12,15-17H2,1-4H3,(H,31,32)/t21-,22?,24?,25+,27-,28-/m1/s1. The number of aliphatic hydroxyl groups is 2. The van der Waals surface area contributed by atoms with E-state index < -0.39 is 18.2 Å². The van der Waals surface area contributed by atoms with Crippen molar-refractivity contribution in [2.45, 2.75) is 104 Å². The number of aliphatic carboxylic acids is 1. The minimum atomic E-state index is -0.753. The fourth-order valence-electron chi connectivity index (χ4n) is 7.10. The lowest BCUT2D eigenvalue weighted by molar-refractivity contribution is -0.136. The van der Waals surface area contributed by atoms with E-state index in [0.717, 1.165) is 32.1 Å². The number of rotatable bonds is 7. The molecule has 180 valence electrons. The first-order valence-corrected chi connectivity index (χ1v) is 13.0. The average Bonchev–Trinajstić information content (AvgIpc) is 2.74. The van der Waals surface area contributed by atoms with Crippen LogP contribution >= 0.6 is 0 Å². The van der Waals surface area contributed by atoms with Crippen LogP contribution in [-0.4, -0.2) is 33.5 Å². The number of aliphatic hydroxyl groups excluding tert-OH is 2. The van der Waals surface area contributed by atoms with Crippen LogP contribution in [0.3, 0.4) is 0 Å². The molecule has 0 aliphatic heterocycles. The number of carboxylic acids is 1.